The van der Waals surface area contributed by atoms with E-state index >= 15 is 0 Å². The van der Waals surface area contributed by atoms with Gasteiger partial charge < -0.3 is 10.5 Å². The molecule has 0 aliphatic carbocycles. The monoisotopic (exact) mass is 166 g/mol. The summed E-state index contributed by atoms with van der Waals surface area (Å²) < 4.78 is 4.99. The maximum Gasteiger partial charge on any atom is 0.267 e. The Hall–Kier alpha value is -1.58. The van der Waals surface area contributed by atoms with E-state index in [1.54, 1.807) is 13.0 Å². The minimum atomic E-state index is -0.536. The molecule has 1 amide bonds. The lowest BCUT2D eigenvalue weighted by Crippen LogP contribution is -2.15. The number of rotatable bonds is 2. The lowest BCUT2D eigenvalue weighted by Gasteiger charge is -2.05. The summed E-state index contributed by atoms with van der Waals surface area (Å²) >= 11 is 0. The molecule has 4 nitrogen and oxygen atoms in total. The number of primary amides is 1. The van der Waals surface area contributed by atoms with Crippen LogP contribution in [0.4, 0.5) is 0 Å². The molecule has 0 fully saturated rings. The highest BCUT2D eigenvalue weighted by Gasteiger charge is 2.09. The molecule has 64 valence electrons. The second kappa shape index (κ2) is 3.21. The Labute approximate surface area is 70.4 Å². The minimum Gasteiger partial charge on any atom is -0.496 e. The van der Waals surface area contributed by atoms with Crippen molar-refractivity contribution in [2.24, 2.45) is 5.73 Å². The van der Waals surface area contributed by atoms with Gasteiger partial charge in [-0.3, -0.25) is 9.78 Å². The zero-order chi connectivity index (χ0) is 9.14. The number of hydrogen-bond acceptors (Lipinski definition) is 3. The molecule has 1 heterocycles. The predicted molar refractivity (Wildman–Crippen MR) is 44.0 cm³/mol. The Morgan fingerprint density at radius 2 is 2.33 bits per heavy atom. The van der Waals surface area contributed by atoms with Crippen molar-refractivity contribution in [3.05, 3.63) is 23.5 Å². The molecule has 1 aromatic heterocycles. The summed E-state index contributed by atoms with van der Waals surface area (Å²) in [7, 11) is 1.53. The molecule has 0 aliphatic rings. The highest BCUT2D eigenvalue weighted by atomic mass is 16.5. The Bertz CT molecular complexity index is 310. The minimum absolute atomic E-state index is 0.259. The first kappa shape index (κ1) is 8.52. The molecule has 0 saturated carbocycles. The molecule has 1 aromatic rings. The second-order valence-electron chi connectivity index (χ2n) is 2.35. The fraction of sp³-hybridized carbons (Fsp3) is 0.250. The third-order valence-electron chi connectivity index (χ3n) is 1.61. The van der Waals surface area contributed by atoms with Crippen molar-refractivity contribution < 1.29 is 9.53 Å². The Morgan fingerprint density at radius 3 is 2.83 bits per heavy atom. The van der Waals surface area contributed by atoms with E-state index in [9.17, 15) is 4.79 Å². The quantitative estimate of drug-likeness (QED) is 0.695. The summed E-state index contributed by atoms with van der Waals surface area (Å²) in [5.74, 6) is 0.0881. The zero-order valence-electron chi connectivity index (χ0n) is 7.00. The smallest absolute Gasteiger partial charge is 0.267 e. The van der Waals surface area contributed by atoms with E-state index in [4.69, 9.17) is 10.5 Å². The van der Waals surface area contributed by atoms with Crippen molar-refractivity contribution in [1.29, 1.82) is 0 Å². The molecule has 1 rings (SSSR count). The number of carbonyl (C=O) groups is 1. The molecule has 0 atom stereocenters. The average Bonchev–Trinajstić information content (AvgIpc) is 2.04. The van der Waals surface area contributed by atoms with Crippen LogP contribution in [0, 0.1) is 6.92 Å². The normalized spacial score (nSPS) is 9.50. The lowest BCUT2D eigenvalue weighted by molar-refractivity contribution is 0.0994. The summed E-state index contributed by atoms with van der Waals surface area (Å²) in [6, 6.07) is 1.68. The van der Waals surface area contributed by atoms with Crippen LogP contribution in [0.25, 0.3) is 0 Å². The van der Waals surface area contributed by atoms with E-state index in [1.165, 1.54) is 13.3 Å². The number of ether oxygens (including phenoxy) is 1. The van der Waals surface area contributed by atoms with Gasteiger partial charge in [-0.05, 0) is 13.0 Å². The number of amides is 1. The highest BCUT2D eigenvalue weighted by molar-refractivity contribution is 5.92. The molecule has 0 radical (unpaired) electrons. The summed E-state index contributed by atoms with van der Waals surface area (Å²) in [4.78, 5) is 14.6. The number of aromatic nitrogens is 1. The molecule has 2 N–H and O–H groups in total. The van der Waals surface area contributed by atoms with Crippen molar-refractivity contribution in [2.75, 3.05) is 7.11 Å². The number of hydrogen-bond donors (Lipinski definition) is 1. The van der Waals surface area contributed by atoms with Gasteiger partial charge >= 0.3 is 0 Å². The first-order valence-electron chi connectivity index (χ1n) is 3.46. The third-order valence-corrected chi connectivity index (χ3v) is 1.61. The van der Waals surface area contributed by atoms with Gasteiger partial charge in [0.2, 0.25) is 0 Å². The molecule has 0 unspecified atom stereocenters. The lowest BCUT2D eigenvalue weighted by atomic mass is 10.2. The molecule has 0 saturated heterocycles. The van der Waals surface area contributed by atoms with Gasteiger partial charge in [0.25, 0.3) is 5.91 Å². The van der Waals surface area contributed by atoms with Crippen LogP contribution in [0.5, 0.6) is 5.75 Å². The fourth-order valence-corrected chi connectivity index (χ4v) is 0.988. The Kier molecular flexibility index (Phi) is 2.28. The topological polar surface area (TPSA) is 65.2 Å². The first-order chi connectivity index (χ1) is 5.66. The van der Waals surface area contributed by atoms with E-state index in [0.29, 0.717) is 11.3 Å². The summed E-state index contributed by atoms with van der Waals surface area (Å²) in [6.07, 6.45) is 1.49. The molecule has 0 aromatic carbocycles. The van der Waals surface area contributed by atoms with Crippen LogP contribution in [0.15, 0.2) is 12.3 Å². The van der Waals surface area contributed by atoms with Gasteiger partial charge in [-0.25, -0.2) is 0 Å². The summed E-state index contributed by atoms with van der Waals surface area (Å²) in [5.41, 5.74) is 6.01. The van der Waals surface area contributed by atoms with Gasteiger partial charge in [0, 0.05) is 11.8 Å². The number of nitrogens with two attached hydrogens (primary N) is 1. The van der Waals surface area contributed by atoms with Crippen LogP contribution in [0.1, 0.15) is 16.1 Å². The van der Waals surface area contributed by atoms with Crippen molar-refractivity contribution in [2.45, 2.75) is 6.92 Å². The third kappa shape index (κ3) is 1.37. The summed E-state index contributed by atoms with van der Waals surface area (Å²) in [6.45, 7) is 1.74. The largest absolute Gasteiger partial charge is 0.496 e. The molecular weight excluding hydrogens is 156 g/mol. The molecule has 0 aliphatic heterocycles. The van der Waals surface area contributed by atoms with Crippen LogP contribution in [0.3, 0.4) is 0 Å². The molecule has 0 bridgehead atoms. The van der Waals surface area contributed by atoms with E-state index in [0.717, 1.165) is 0 Å². The molecule has 0 spiro atoms. The number of methoxy groups -OCH3 is 1. The SMILES string of the molecule is COc1ccnc(C(N)=O)c1C. The van der Waals surface area contributed by atoms with E-state index in [1.807, 2.05) is 0 Å². The van der Waals surface area contributed by atoms with Crippen molar-refractivity contribution in [3.8, 4) is 5.75 Å². The van der Waals surface area contributed by atoms with Crippen molar-refractivity contribution in [1.82, 2.24) is 4.98 Å². The van der Waals surface area contributed by atoms with Gasteiger partial charge in [-0.2, -0.15) is 0 Å². The number of pyridine rings is 1. The number of nitrogens with zero attached hydrogens (tertiary/aromatic N) is 1. The van der Waals surface area contributed by atoms with E-state index in [2.05, 4.69) is 4.98 Å². The molecule has 4 heteroatoms. The Balaban J connectivity index is 3.23. The van der Waals surface area contributed by atoms with E-state index in [-0.39, 0.29) is 5.69 Å². The van der Waals surface area contributed by atoms with Gasteiger partial charge in [-0.1, -0.05) is 0 Å². The van der Waals surface area contributed by atoms with Gasteiger partial charge in [0.15, 0.2) is 0 Å². The second-order valence-corrected chi connectivity index (χ2v) is 2.35. The molecular formula is C8H10N2O2. The maximum absolute atomic E-state index is 10.8. The van der Waals surface area contributed by atoms with Gasteiger partial charge in [0.05, 0.1) is 7.11 Å². The van der Waals surface area contributed by atoms with Gasteiger partial charge in [0.1, 0.15) is 11.4 Å². The average molecular weight is 166 g/mol. The Morgan fingerprint density at radius 1 is 1.67 bits per heavy atom. The van der Waals surface area contributed by atoms with Crippen LogP contribution in [-0.2, 0) is 0 Å². The highest BCUT2D eigenvalue weighted by Crippen LogP contribution is 2.17. The molecule has 12 heavy (non-hydrogen) atoms. The van der Waals surface area contributed by atoms with Crippen LogP contribution >= 0.6 is 0 Å². The predicted octanol–water partition coefficient (Wildman–Crippen LogP) is 0.498. The first-order valence-corrected chi connectivity index (χ1v) is 3.46. The van der Waals surface area contributed by atoms with Crippen LogP contribution in [0.2, 0.25) is 0 Å². The van der Waals surface area contributed by atoms with E-state index < -0.39 is 5.91 Å². The van der Waals surface area contributed by atoms with Crippen LogP contribution < -0.4 is 10.5 Å². The number of carbonyl (C=O) groups excluding carboxylic acids is 1. The van der Waals surface area contributed by atoms with Crippen molar-refractivity contribution in [3.63, 3.8) is 0 Å². The standard InChI is InChI=1S/C8H10N2O2/c1-5-6(12-2)3-4-10-7(5)8(9)11/h3-4H,1-2H3,(H2,9,11). The fourth-order valence-electron chi connectivity index (χ4n) is 0.988. The maximum atomic E-state index is 10.8. The van der Waals surface area contributed by atoms with Crippen molar-refractivity contribution >= 4 is 5.91 Å². The zero-order valence-corrected chi connectivity index (χ0v) is 7.00. The van der Waals surface area contributed by atoms with Gasteiger partial charge in [-0.15, -0.1) is 0 Å². The van der Waals surface area contributed by atoms with Crippen LogP contribution in [-0.4, -0.2) is 18.0 Å². The summed E-state index contributed by atoms with van der Waals surface area (Å²) in [5, 5.41) is 0.